The Bertz CT molecular complexity index is 1320. The Balaban J connectivity index is 0.00000180. The van der Waals surface area contributed by atoms with Crippen LogP contribution in [0.3, 0.4) is 0 Å². The van der Waals surface area contributed by atoms with Crippen LogP contribution in [0.5, 0.6) is 5.75 Å². The third-order valence-corrected chi connectivity index (χ3v) is 6.43. The number of benzene rings is 3. The van der Waals surface area contributed by atoms with E-state index in [1.807, 2.05) is 18.2 Å². The Labute approximate surface area is 196 Å². The molecule has 1 aliphatic carbocycles. The molecule has 2 N–H and O–H groups in total. The largest absolute Gasteiger partial charge is 0.493 e. The summed E-state index contributed by atoms with van der Waals surface area (Å²) in [4.78, 5) is 24.5. The van der Waals surface area contributed by atoms with E-state index in [0.29, 0.717) is 19.4 Å². The Morgan fingerprint density at radius 1 is 1.03 bits per heavy atom. The van der Waals surface area contributed by atoms with Gasteiger partial charge in [0, 0.05) is 15.0 Å². The molecule has 1 amide bonds. The second-order valence-electron chi connectivity index (χ2n) is 8.60. The average Bonchev–Trinajstić information content (AvgIpc) is 3.49. The average molecular weight is 471 g/mol. The van der Waals surface area contributed by atoms with Crippen LogP contribution in [0.1, 0.15) is 42.7 Å². The van der Waals surface area contributed by atoms with E-state index in [4.69, 9.17) is 4.74 Å². The van der Waals surface area contributed by atoms with Crippen molar-refractivity contribution < 1.29 is 35.5 Å². The molecule has 0 spiro atoms. The van der Waals surface area contributed by atoms with Gasteiger partial charge >= 0.3 is 12.1 Å². The van der Waals surface area contributed by atoms with Crippen LogP contribution in [0.15, 0.2) is 60.7 Å². The van der Waals surface area contributed by atoms with Gasteiger partial charge in [-0.25, -0.2) is 4.79 Å². The first-order chi connectivity index (χ1) is 16.2. The van der Waals surface area contributed by atoms with Gasteiger partial charge in [-0.05, 0) is 71.5 Å². The van der Waals surface area contributed by atoms with Crippen LogP contribution in [-0.2, 0) is 22.8 Å². The van der Waals surface area contributed by atoms with Gasteiger partial charge in [0.15, 0.2) is 0 Å². The first-order valence-corrected chi connectivity index (χ1v) is 10.8. The molecule has 3 aromatic rings. The number of rotatable bonds is 5. The van der Waals surface area contributed by atoms with Crippen molar-refractivity contribution in [1.29, 1.82) is 0 Å². The second-order valence-corrected chi connectivity index (χ2v) is 8.60. The zero-order valence-corrected chi connectivity index (χ0v) is 17.9. The molecule has 8 heteroatoms. The predicted octanol–water partition coefficient (Wildman–Crippen LogP) is 6.17. The normalized spacial score (nSPS) is 15.9. The molecule has 0 atom stereocenters. The highest BCUT2D eigenvalue weighted by atomic mass is 19.4. The summed E-state index contributed by atoms with van der Waals surface area (Å²) in [6.45, 7) is 0.607. The van der Waals surface area contributed by atoms with Gasteiger partial charge in [0.1, 0.15) is 5.75 Å². The monoisotopic (exact) mass is 471 g/mol. The molecule has 2 aliphatic rings. The topological polar surface area (TPSA) is 75.6 Å². The first kappa shape index (κ1) is 22.0. The van der Waals surface area contributed by atoms with Gasteiger partial charge in [-0.2, -0.15) is 13.2 Å². The quantitative estimate of drug-likeness (QED) is 0.467. The number of hydrogen-bond donors (Lipinski definition) is 2. The molecule has 0 saturated heterocycles. The second kappa shape index (κ2) is 7.90. The number of fused-ring (bicyclic) bond motifs is 1. The summed E-state index contributed by atoms with van der Waals surface area (Å²) in [5.41, 5.74) is 0.275. The van der Waals surface area contributed by atoms with Crippen LogP contribution in [0.25, 0.3) is 11.1 Å². The number of anilines is 1. The van der Waals surface area contributed by atoms with Gasteiger partial charge in [0.2, 0.25) is 5.91 Å². The number of carbonyl (C=O) groups is 2. The number of ether oxygens (including phenoxy) is 1. The van der Waals surface area contributed by atoms with Crippen LogP contribution in [-0.4, -0.2) is 23.6 Å². The SMILES string of the molecule is O=C(O)c1cccc(-c2cc(NC(=O)C3(c4ccc5c(c4)CCO5)CC3)ccc2C(F)(F)F)c1.[HH].[HH]. The number of carboxylic acids is 1. The molecule has 1 aliphatic heterocycles. The van der Waals surface area contributed by atoms with Gasteiger partial charge in [-0.1, -0.05) is 24.3 Å². The molecule has 0 bridgehead atoms. The molecule has 1 saturated carbocycles. The van der Waals surface area contributed by atoms with Gasteiger partial charge in [-0.3, -0.25) is 4.79 Å². The highest BCUT2D eigenvalue weighted by Gasteiger charge is 2.51. The van der Waals surface area contributed by atoms with Crippen molar-refractivity contribution in [3.05, 3.63) is 82.9 Å². The summed E-state index contributed by atoms with van der Waals surface area (Å²) in [6, 6.07) is 14.4. The van der Waals surface area contributed by atoms with Crippen LogP contribution in [0, 0.1) is 0 Å². The maximum atomic E-state index is 13.7. The summed E-state index contributed by atoms with van der Waals surface area (Å²) >= 11 is 0. The minimum absolute atomic E-state index is 0. The lowest BCUT2D eigenvalue weighted by Crippen LogP contribution is -2.28. The standard InChI is InChI=1S/C26H20F3NO4.2H2/c27-26(28,29)21-6-5-19(14-20(21)15-2-1-3-17(12-15)23(31)32)30-24(33)25(9-10-25)18-4-7-22-16(13-18)8-11-34-22;;/h1-7,12-14H,8-11H2,(H,30,33)(H,31,32);2*1H. The van der Waals surface area contributed by atoms with Crippen LogP contribution in [0.4, 0.5) is 18.9 Å². The fraction of sp³-hybridized carbons (Fsp3) is 0.231. The molecule has 0 unspecified atom stereocenters. The van der Waals surface area contributed by atoms with Gasteiger partial charge < -0.3 is 15.2 Å². The van der Waals surface area contributed by atoms with Crippen LogP contribution < -0.4 is 10.1 Å². The Morgan fingerprint density at radius 2 is 1.82 bits per heavy atom. The fourth-order valence-corrected chi connectivity index (χ4v) is 4.43. The lowest BCUT2D eigenvalue weighted by molar-refractivity contribution is -0.137. The number of hydrogen-bond acceptors (Lipinski definition) is 3. The maximum Gasteiger partial charge on any atom is 0.417 e. The highest BCUT2D eigenvalue weighted by molar-refractivity contribution is 6.02. The zero-order chi connectivity index (χ0) is 24.1. The van der Waals surface area contributed by atoms with E-state index in [2.05, 4.69) is 5.32 Å². The number of carboxylic acid groups (broad SMARTS) is 1. The summed E-state index contributed by atoms with van der Waals surface area (Å²) in [5.74, 6) is -0.706. The van der Waals surface area contributed by atoms with E-state index in [-0.39, 0.29) is 31.1 Å². The molecule has 1 fully saturated rings. The van der Waals surface area contributed by atoms with E-state index in [0.717, 1.165) is 29.4 Å². The van der Waals surface area contributed by atoms with Crippen molar-refractivity contribution in [2.75, 3.05) is 11.9 Å². The van der Waals surface area contributed by atoms with Crippen molar-refractivity contribution in [3.63, 3.8) is 0 Å². The van der Waals surface area contributed by atoms with E-state index in [1.54, 1.807) is 0 Å². The molecule has 5 rings (SSSR count). The van der Waals surface area contributed by atoms with E-state index in [1.165, 1.54) is 36.4 Å². The molecule has 0 aromatic heterocycles. The summed E-state index contributed by atoms with van der Waals surface area (Å²) < 4.78 is 46.6. The zero-order valence-electron chi connectivity index (χ0n) is 17.9. The molecule has 0 radical (unpaired) electrons. The van der Waals surface area contributed by atoms with E-state index < -0.39 is 23.1 Å². The van der Waals surface area contributed by atoms with Crippen molar-refractivity contribution in [2.45, 2.75) is 30.9 Å². The molecule has 5 nitrogen and oxygen atoms in total. The third-order valence-electron chi connectivity index (χ3n) is 6.43. The van der Waals surface area contributed by atoms with Crippen molar-refractivity contribution >= 4 is 17.6 Å². The number of carbonyl (C=O) groups excluding carboxylic acids is 1. The van der Waals surface area contributed by atoms with Crippen molar-refractivity contribution in [3.8, 4) is 16.9 Å². The third kappa shape index (κ3) is 3.89. The van der Waals surface area contributed by atoms with E-state index >= 15 is 0 Å². The summed E-state index contributed by atoms with van der Waals surface area (Å²) in [6.07, 6.45) is -2.58. The van der Waals surface area contributed by atoms with Crippen LogP contribution in [0.2, 0.25) is 0 Å². The molecule has 178 valence electrons. The van der Waals surface area contributed by atoms with Gasteiger partial charge in [-0.15, -0.1) is 0 Å². The van der Waals surface area contributed by atoms with E-state index in [9.17, 15) is 27.9 Å². The summed E-state index contributed by atoms with van der Waals surface area (Å²) in [7, 11) is 0. The molecular formula is C26H24F3NO4. The number of amides is 1. The molecular weight excluding hydrogens is 447 g/mol. The molecule has 1 heterocycles. The molecule has 34 heavy (non-hydrogen) atoms. The maximum absolute atomic E-state index is 13.7. The smallest absolute Gasteiger partial charge is 0.417 e. The van der Waals surface area contributed by atoms with Gasteiger partial charge in [0.25, 0.3) is 0 Å². The number of aromatic carboxylic acids is 1. The number of halogens is 3. The highest BCUT2D eigenvalue weighted by Crippen LogP contribution is 2.50. The van der Waals surface area contributed by atoms with Gasteiger partial charge in [0.05, 0.1) is 23.1 Å². The lowest BCUT2D eigenvalue weighted by Gasteiger charge is -2.19. The summed E-state index contributed by atoms with van der Waals surface area (Å²) in [5, 5.41) is 12.0. The minimum atomic E-state index is -4.65. The van der Waals surface area contributed by atoms with Crippen molar-refractivity contribution in [1.82, 2.24) is 0 Å². The van der Waals surface area contributed by atoms with Crippen molar-refractivity contribution in [2.24, 2.45) is 0 Å². The first-order valence-electron chi connectivity index (χ1n) is 10.8. The minimum Gasteiger partial charge on any atom is -0.493 e. The number of nitrogens with one attached hydrogen (secondary N) is 1. The predicted molar refractivity (Wildman–Crippen MR) is 123 cm³/mol. The Hall–Kier alpha value is -3.81. The fourth-order valence-electron chi connectivity index (χ4n) is 4.43. The Kier molecular flexibility index (Phi) is 5.11. The molecule has 3 aromatic carbocycles. The number of alkyl halides is 3. The lowest BCUT2D eigenvalue weighted by atomic mass is 9.92. The Morgan fingerprint density at radius 3 is 2.53 bits per heavy atom. The van der Waals surface area contributed by atoms with Crippen LogP contribution >= 0.6 is 0 Å².